The first-order chi connectivity index (χ1) is 13.2. The number of anilines is 2. The standard InChI is InChI=1S/C23H30N2O2/c26-22-16-20(24-11-3-1-4-12-24)9-7-18(22)15-19-8-10-21(17-23(19)27)25-13-5-2-6-14-25/h7-10,16-17,26-27H,1-6,11-15H2. The van der Waals surface area contributed by atoms with Gasteiger partial charge in [-0.25, -0.2) is 0 Å². The van der Waals surface area contributed by atoms with E-state index in [1.807, 2.05) is 24.3 Å². The second-order valence-corrected chi connectivity index (χ2v) is 7.90. The maximum Gasteiger partial charge on any atom is 0.121 e. The highest BCUT2D eigenvalue weighted by molar-refractivity contribution is 5.57. The third-order valence-electron chi connectivity index (χ3n) is 5.96. The first-order valence-corrected chi connectivity index (χ1v) is 10.3. The lowest BCUT2D eigenvalue weighted by Gasteiger charge is -2.29. The number of hydrogen-bond acceptors (Lipinski definition) is 4. The number of phenolic OH excluding ortho intramolecular Hbond substituents is 2. The molecular formula is C23H30N2O2. The van der Waals surface area contributed by atoms with E-state index in [1.54, 1.807) is 0 Å². The van der Waals surface area contributed by atoms with Crippen LogP contribution in [-0.4, -0.2) is 36.4 Å². The molecule has 0 aromatic heterocycles. The van der Waals surface area contributed by atoms with Crippen LogP contribution in [0.3, 0.4) is 0 Å². The molecule has 2 heterocycles. The average molecular weight is 367 g/mol. The molecule has 4 nitrogen and oxygen atoms in total. The van der Waals surface area contributed by atoms with Crippen molar-refractivity contribution >= 4 is 11.4 Å². The van der Waals surface area contributed by atoms with Gasteiger partial charge in [-0.2, -0.15) is 0 Å². The Bertz CT molecular complexity index is 712. The van der Waals surface area contributed by atoms with E-state index in [2.05, 4.69) is 21.9 Å². The fraction of sp³-hybridized carbons (Fsp3) is 0.478. The molecule has 2 aliphatic rings. The zero-order valence-corrected chi connectivity index (χ0v) is 16.0. The van der Waals surface area contributed by atoms with Crippen molar-refractivity contribution in [1.29, 1.82) is 0 Å². The molecule has 27 heavy (non-hydrogen) atoms. The topological polar surface area (TPSA) is 46.9 Å². The maximum absolute atomic E-state index is 10.5. The lowest BCUT2D eigenvalue weighted by atomic mass is 10.0. The predicted octanol–water partition coefficient (Wildman–Crippen LogP) is 4.67. The molecule has 144 valence electrons. The molecule has 0 unspecified atom stereocenters. The number of benzene rings is 2. The van der Waals surface area contributed by atoms with Crippen molar-refractivity contribution in [3.05, 3.63) is 47.5 Å². The van der Waals surface area contributed by atoms with Crippen LogP contribution in [0.1, 0.15) is 49.7 Å². The smallest absolute Gasteiger partial charge is 0.121 e. The van der Waals surface area contributed by atoms with Crippen molar-refractivity contribution in [1.82, 2.24) is 0 Å². The van der Waals surface area contributed by atoms with Gasteiger partial charge in [-0.05, 0) is 61.8 Å². The Balaban J connectivity index is 1.48. The molecule has 2 aromatic rings. The number of hydrogen-bond donors (Lipinski definition) is 2. The van der Waals surface area contributed by atoms with Gasteiger partial charge in [0.05, 0.1) is 0 Å². The SMILES string of the molecule is Oc1cc(N2CCCCC2)ccc1Cc1ccc(N2CCCCC2)cc1O. The highest BCUT2D eigenvalue weighted by Crippen LogP contribution is 2.32. The van der Waals surface area contributed by atoms with E-state index in [0.29, 0.717) is 17.9 Å². The van der Waals surface area contributed by atoms with E-state index < -0.39 is 0 Å². The molecule has 0 amide bonds. The maximum atomic E-state index is 10.5. The van der Waals surface area contributed by atoms with Crippen LogP contribution >= 0.6 is 0 Å². The van der Waals surface area contributed by atoms with Gasteiger partial charge in [0.2, 0.25) is 0 Å². The molecule has 2 saturated heterocycles. The summed E-state index contributed by atoms with van der Waals surface area (Å²) < 4.78 is 0. The van der Waals surface area contributed by atoms with Crippen LogP contribution in [0.25, 0.3) is 0 Å². The Morgan fingerprint density at radius 3 is 1.37 bits per heavy atom. The molecule has 4 heteroatoms. The summed E-state index contributed by atoms with van der Waals surface area (Å²) in [5, 5.41) is 21.0. The molecule has 0 aliphatic carbocycles. The number of piperidine rings is 2. The van der Waals surface area contributed by atoms with E-state index in [9.17, 15) is 10.2 Å². The van der Waals surface area contributed by atoms with Gasteiger partial charge in [-0.3, -0.25) is 0 Å². The fourth-order valence-corrected chi connectivity index (χ4v) is 4.31. The van der Waals surface area contributed by atoms with Crippen molar-refractivity contribution in [3.63, 3.8) is 0 Å². The molecule has 0 spiro atoms. The number of phenols is 2. The summed E-state index contributed by atoms with van der Waals surface area (Å²) in [5.41, 5.74) is 3.91. The van der Waals surface area contributed by atoms with Gasteiger partial charge in [0.25, 0.3) is 0 Å². The Morgan fingerprint density at radius 1 is 0.593 bits per heavy atom. The van der Waals surface area contributed by atoms with E-state index in [1.165, 1.54) is 38.5 Å². The van der Waals surface area contributed by atoms with Crippen molar-refractivity contribution in [2.75, 3.05) is 36.0 Å². The predicted molar refractivity (Wildman–Crippen MR) is 111 cm³/mol. The second-order valence-electron chi connectivity index (χ2n) is 7.90. The van der Waals surface area contributed by atoms with Crippen LogP contribution in [0, 0.1) is 0 Å². The lowest BCUT2D eigenvalue weighted by molar-refractivity contribution is 0.462. The lowest BCUT2D eigenvalue weighted by Crippen LogP contribution is -2.29. The van der Waals surface area contributed by atoms with Gasteiger partial charge >= 0.3 is 0 Å². The summed E-state index contributed by atoms with van der Waals surface area (Å²) in [4.78, 5) is 4.69. The van der Waals surface area contributed by atoms with E-state index in [4.69, 9.17) is 0 Å². The van der Waals surface area contributed by atoms with Crippen molar-refractivity contribution < 1.29 is 10.2 Å². The summed E-state index contributed by atoms with van der Waals surface area (Å²) in [7, 11) is 0. The number of aromatic hydroxyl groups is 2. The van der Waals surface area contributed by atoms with Crippen molar-refractivity contribution in [2.45, 2.75) is 44.9 Å². The Hall–Kier alpha value is -2.36. The van der Waals surface area contributed by atoms with Gasteiger partial charge in [0.15, 0.2) is 0 Å². The Kier molecular flexibility index (Phi) is 5.42. The molecule has 2 aromatic carbocycles. The molecule has 4 rings (SSSR count). The Morgan fingerprint density at radius 2 is 1.00 bits per heavy atom. The van der Waals surface area contributed by atoms with Crippen molar-refractivity contribution in [2.24, 2.45) is 0 Å². The number of nitrogens with zero attached hydrogens (tertiary/aromatic N) is 2. The van der Waals surface area contributed by atoms with E-state index in [-0.39, 0.29) is 0 Å². The fourth-order valence-electron chi connectivity index (χ4n) is 4.31. The van der Waals surface area contributed by atoms with Crippen LogP contribution in [0.4, 0.5) is 11.4 Å². The van der Waals surface area contributed by atoms with Gasteiger partial charge in [0.1, 0.15) is 11.5 Å². The minimum Gasteiger partial charge on any atom is -0.508 e. The summed E-state index contributed by atoms with van der Waals surface area (Å²) in [5.74, 6) is 0.634. The van der Waals surface area contributed by atoms with Crippen LogP contribution in [-0.2, 0) is 6.42 Å². The third kappa shape index (κ3) is 4.15. The Labute approximate surface area is 162 Å². The van der Waals surface area contributed by atoms with Crippen molar-refractivity contribution in [3.8, 4) is 11.5 Å². The zero-order chi connectivity index (χ0) is 18.6. The normalized spacial score (nSPS) is 17.9. The molecule has 0 saturated carbocycles. The molecule has 2 N–H and O–H groups in total. The average Bonchev–Trinajstić information content (AvgIpc) is 2.72. The van der Waals surface area contributed by atoms with Crippen LogP contribution < -0.4 is 9.80 Å². The molecule has 0 atom stereocenters. The highest BCUT2D eigenvalue weighted by atomic mass is 16.3. The molecule has 2 fully saturated rings. The highest BCUT2D eigenvalue weighted by Gasteiger charge is 2.15. The summed E-state index contributed by atoms with van der Waals surface area (Å²) in [6.45, 7) is 4.27. The minimum absolute atomic E-state index is 0.317. The van der Waals surface area contributed by atoms with Gasteiger partial charge in [0, 0.05) is 56.1 Å². The second kappa shape index (κ2) is 8.12. The van der Waals surface area contributed by atoms with Gasteiger partial charge < -0.3 is 20.0 Å². The van der Waals surface area contributed by atoms with Gasteiger partial charge in [-0.15, -0.1) is 0 Å². The first kappa shape index (κ1) is 18.0. The quantitative estimate of drug-likeness (QED) is 0.825. The molecular weight excluding hydrogens is 336 g/mol. The minimum atomic E-state index is 0.317. The monoisotopic (exact) mass is 366 g/mol. The number of rotatable bonds is 4. The third-order valence-corrected chi connectivity index (χ3v) is 5.96. The summed E-state index contributed by atoms with van der Waals surface area (Å²) in [6, 6.07) is 11.9. The van der Waals surface area contributed by atoms with E-state index >= 15 is 0 Å². The van der Waals surface area contributed by atoms with Crippen LogP contribution in [0.2, 0.25) is 0 Å². The van der Waals surface area contributed by atoms with Crippen LogP contribution in [0.5, 0.6) is 11.5 Å². The largest absolute Gasteiger partial charge is 0.508 e. The van der Waals surface area contributed by atoms with E-state index in [0.717, 1.165) is 48.7 Å². The van der Waals surface area contributed by atoms with Gasteiger partial charge in [-0.1, -0.05) is 12.1 Å². The summed E-state index contributed by atoms with van der Waals surface area (Å²) >= 11 is 0. The molecule has 0 bridgehead atoms. The van der Waals surface area contributed by atoms with Crippen LogP contribution in [0.15, 0.2) is 36.4 Å². The summed E-state index contributed by atoms with van der Waals surface area (Å²) in [6.07, 6.45) is 8.03. The first-order valence-electron chi connectivity index (χ1n) is 10.3. The molecule has 2 aliphatic heterocycles. The molecule has 0 radical (unpaired) electrons. The zero-order valence-electron chi connectivity index (χ0n) is 16.0.